The summed E-state index contributed by atoms with van der Waals surface area (Å²) in [4.78, 5) is 34.1. The zero-order valence-electron chi connectivity index (χ0n) is 11.2. The van der Waals surface area contributed by atoms with Gasteiger partial charge in [0.15, 0.2) is 0 Å². The van der Waals surface area contributed by atoms with Gasteiger partial charge in [-0.2, -0.15) is 0 Å². The minimum Gasteiger partial charge on any atom is -0.481 e. The summed E-state index contributed by atoms with van der Waals surface area (Å²) in [5, 5.41) is 18.7. The maximum Gasteiger partial charge on any atom is 0.330 e. The lowest BCUT2D eigenvalue weighted by Gasteiger charge is -2.36. The Morgan fingerprint density at radius 1 is 1.50 bits per heavy atom. The number of allylic oxidation sites excluding steroid dienone is 1. The number of carbonyl (C=O) groups excluding carboxylic acids is 1. The number of esters is 1. The van der Waals surface area contributed by atoms with Crippen LogP contribution in [0.1, 0.15) is 26.2 Å². The van der Waals surface area contributed by atoms with Crippen LogP contribution in [-0.4, -0.2) is 34.2 Å². The van der Waals surface area contributed by atoms with Crippen LogP contribution in [0.15, 0.2) is 24.8 Å². The zero-order valence-corrected chi connectivity index (χ0v) is 11.2. The van der Waals surface area contributed by atoms with Crippen molar-refractivity contribution in [1.82, 2.24) is 0 Å². The highest BCUT2D eigenvalue weighted by molar-refractivity contribution is 5.86. The number of ether oxygens (including phenoxy) is 1. The molecule has 6 heteroatoms. The average molecular weight is 282 g/mol. The van der Waals surface area contributed by atoms with E-state index in [0.717, 1.165) is 6.08 Å². The minimum atomic E-state index is -1.55. The smallest absolute Gasteiger partial charge is 0.330 e. The first-order valence-corrected chi connectivity index (χ1v) is 6.30. The van der Waals surface area contributed by atoms with E-state index in [2.05, 4.69) is 6.58 Å². The lowest BCUT2D eigenvalue weighted by Crippen LogP contribution is -2.45. The number of hydrogen-bond acceptors (Lipinski definition) is 4. The molecule has 0 radical (unpaired) electrons. The second kappa shape index (κ2) is 6.36. The van der Waals surface area contributed by atoms with Gasteiger partial charge in [-0.3, -0.25) is 9.59 Å². The van der Waals surface area contributed by atoms with Gasteiger partial charge >= 0.3 is 17.9 Å². The van der Waals surface area contributed by atoms with Crippen molar-refractivity contribution in [3.8, 4) is 0 Å². The quantitative estimate of drug-likeness (QED) is 0.436. The molecule has 0 amide bonds. The van der Waals surface area contributed by atoms with Crippen LogP contribution in [0.4, 0.5) is 0 Å². The maximum absolute atomic E-state index is 11.6. The fraction of sp³-hybridized carbons (Fsp3) is 0.500. The minimum absolute atomic E-state index is 0.0879. The van der Waals surface area contributed by atoms with Crippen molar-refractivity contribution >= 4 is 17.9 Å². The molecule has 0 aromatic rings. The van der Waals surface area contributed by atoms with Crippen LogP contribution in [-0.2, 0) is 19.1 Å². The third-order valence-electron chi connectivity index (χ3n) is 3.46. The van der Waals surface area contributed by atoms with Crippen molar-refractivity contribution in [3.63, 3.8) is 0 Å². The SMILES string of the molecule is C=CC(=O)OC(C)CC1(C(=O)O)C=CCCC1C(=O)O. The summed E-state index contributed by atoms with van der Waals surface area (Å²) in [6.45, 7) is 4.79. The van der Waals surface area contributed by atoms with Gasteiger partial charge in [-0.15, -0.1) is 0 Å². The Morgan fingerprint density at radius 3 is 2.65 bits per heavy atom. The zero-order chi connectivity index (χ0) is 15.3. The van der Waals surface area contributed by atoms with Gasteiger partial charge in [-0.1, -0.05) is 18.7 Å². The molecule has 2 N–H and O–H groups in total. The van der Waals surface area contributed by atoms with E-state index in [9.17, 15) is 24.6 Å². The van der Waals surface area contributed by atoms with Gasteiger partial charge in [0.25, 0.3) is 0 Å². The molecule has 0 saturated heterocycles. The van der Waals surface area contributed by atoms with Crippen LogP contribution in [0.2, 0.25) is 0 Å². The van der Waals surface area contributed by atoms with Crippen LogP contribution in [0.5, 0.6) is 0 Å². The molecule has 3 atom stereocenters. The molecule has 0 aromatic carbocycles. The van der Waals surface area contributed by atoms with Gasteiger partial charge in [0.2, 0.25) is 0 Å². The predicted molar refractivity (Wildman–Crippen MR) is 69.9 cm³/mol. The topological polar surface area (TPSA) is 101 Å². The normalized spacial score (nSPS) is 26.6. The third kappa shape index (κ3) is 3.26. The second-order valence-electron chi connectivity index (χ2n) is 4.87. The summed E-state index contributed by atoms with van der Waals surface area (Å²) >= 11 is 0. The van der Waals surface area contributed by atoms with Crippen molar-refractivity contribution in [2.45, 2.75) is 32.3 Å². The average Bonchev–Trinajstić information content (AvgIpc) is 2.38. The largest absolute Gasteiger partial charge is 0.481 e. The Balaban J connectivity index is 3.01. The first-order valence-electron chi connectivity index (χ1n) is 6.30. The fourth-order valence-electron chi connectivity index (χ4n) is 2.56. The van der Waals surface area contributed by atoms with Crippen molar-refractivity contribution < 1.29 is 29.3 Å². The molecule has 1 aliphatic rings. The molecular weight excluding hydrogens is 264 g/mol. The number of carboxylic acids is 2. The highest BCUT2D eigenvalue weighted by Crippen LogP contribution is 2.42. The molecule has 0 aliphatic heterocycles. The van der Waals surface area contributed by atoms with E-state index in [1.807, 2.05) is 0 Å². The Hall–Kier alpha value is -2.11. The van der Waals surface area contributed by atoms with Crippen LogP contribution < -0.4 is 0 Å². The molecule has 0 spiro atoms. The van der Waals surface area contributed by atoms with E-state index in [0.29, 0.717) is 6.42 Å². The molecule has 3 unspecified atom stereocenters. The van der Waals surface area contributed by atoms with Gasteiger partial charge in [0.05, 0.1) is 5.92 Å². The summed E-state index contributed by atoms with van der Waals surface area (Å²) < 4.78 is 4.96. The molecule has 0 aromatic heterocycles. The highest BCUT2D eigenvalue weighted by atomic mass is 16.5. The summed E-state index contributed by atoms with van der Waals surface area (Å²) in [5.74, 6) is -4.07. The lowest BCUT2D eigenvalue weighted by atomic mass is 9.67. The Kier molecular flexibility index (Phi) is 5.07. The highest BCUT2D eigenvalue weighted by Gasteiger charge is 2.49. The molecule has 0 saturated carbocycles. The molecule has 0 heterocycles. The van der Waals surface area contributed by atoms with Crippen LogP contribution >= 0.6 is 0 Å². The van der Waals surface area contributed by atoms with E-state index in [4.69, 9.17) is 4.74 Å². The first-order chi connectivity index (χ1) is 9.33. The van der Waals surface area contributed by atoms with Gasteiger partial charge < -0.3 is 14.9 Å². The summed E-state index contributed by atoms with van der Waals surface area (Å²) in [7, 11) is 0. The second-order valence-corrected chi connectivity index (χ2v) is 4.87. The number of aliphatic carboxylic acids is 2. The van der Waals surface area contributed by atoms with Crippen LogP contribution in [0, 0.1) is 11.3 Å². The molecular formula is C14H18O6. The standard InChI is InChI=1S/C14H18O6/c1-3-11(15)20-9(2)8-14(13(18)19)7-5-4-6-10(14)12(16)17/h3,5,7,9-10H,1,4,6,8H2,2H3,(H,16,17)(H,18,19). The third-order valence-corrected chi connectivity index (χ3v) is 3.46. The maximum atomic E-state index is 11.6. The number of carbonyl (C=O) groups is 3. The predicted octanol–water partition coefficient (Wildman–Crippen LogP) is 1.62. The van der Waals surface area contributed by atoms with Crippen molar-refractivity contribution in [2.24, 2.45) is 11.3 Å². The van der Waals surface area contributed by atoms with Gasteiger partial charge in [-0.05, 0) is 19.8 Å². The molecule has 0 bridgehead atoms. The monoisotopic (exact) mass is 282 g/mol. The summed E-state index contributed by atoms with van der Waals surface area (Å²) in [6.07, 6.45) is 4.02. The van der Waals surface area contributed by atoms with Gasteiger partial charge in [0.1, 0.15) is 11.5 Å². The number of hydrogen-bond donors (Lipinski definition) is 2. The molecule has 110 valence electrons. The Morgan fingerprint density at radius 2 is 2.15 bits per heavy atom. The Bertz CT molecular complexity index is 453. The van der Waals surface area contributed by atoms with E-state index < -0.39 is 35.3 Å². The number of carboxylic acid groups (broad SMARTS) is 2. The molecule has 1 rings (SSSR count). The summed E-state index contributed by atoms with van der Waals surface area (Å²) in [5.41, 5.74) is -1.55. The van der Waals surface area contributed by atoms with E-state index >= 15 is 0 Å². The first kappa shape index (κ1) is 15.9. The number of rotatable bonds is 6. The molecule has 20 heavy (non-hydrogen) atoms. The van der Waals surface area contributed by atoms with Gasteiger partial charge in [0, 0.05) is 12.5 Å². The van der Waals surface area contributed by atoms with E-state index in [1.165, 1.54) is 13.0 Å². The lowest BCUT2D eigenvalue weighted by molar-refractivity contribution is -0.163. The van der Waals surface area contributed by atoms with Crippen molar-refractivity contribution in [3.05, 3.63) is 24.8 Å². The molecule has 6 nitrogen and oxygen atoms in total. The van der Waals surface area contributed by atoms with Crippen molar-refractivity contribution in [2.75, 3.05) is 0 Å². The molecule has 1 aliphatic carbocycles. The van der Waals surface area contributed by atoms with E-state index in [-0.39, 0.29) is 12.8 Å². The van der Waals surface area contributed by atoms with Crippen molar-refractivity contribution in [1.29, 1.82) is 0 Å². The fourth-order valence-corrected chi connectivity index (χ4v) is 2.56. The van der Waals surface area contributed by atoms with Gasteiger partial charge in [-0.25, -0.2) is 4.79 Å². The van der Waals surface area contributed by atoms with Crippen LogP contribution in [0.25, 0.3) is 0 Å². The van der Waals surface area contributed by atoms with Crippen LogP contribution in [0.3, 0.4) is 0 Å². The van der Waals surface area contributed by atoms with E-state index in [1.54, 1.807) is 6.08 Å². The molecule has 0 fully saturated rings. The Labute approximate surface area is 116 Å². The summed E-state index contributed by atoms with van der Waals surface area (Å²) in [6, 6.07) is 0.